The maximum Gasteiger partial charge on any atom is 0.522 e. The van der Waals surface area contributed by atoms with Gasteiger partial charge in [-0.15, -0.1) is 13.2 Å². The second kappa shape index (κ2) is 11.0. The van der Waals surface area contributed by atoms with Crippen molar-refractivity contribution in [3.63, 3.8) is 0 Å². The van der Waals surface area contributed by atoms with Gasteiger partial charge in [0, 0.05) is 24.1 Å². The van der Waals surface area contributed by atoms with Gasteiger partial charge >= 0.3 is 12.5 Å². The van der Waals surface area contributed by atoms with Gasteiger partial charge in [0.1, 0.15) is 18.2 Å². The van der Waals surface area contributed by atoms with E-state index in [-0.39, 0.29) is 36.4 Å². The van der Waals surface area contributed by atoms with Crippen LogP contribution in [-0.4, -0.2) is 52.5 Å². The van der Waals surface area contributed by atoms with E-state index in [9.17, 15) is 40.6 Å². The van der Waals surface area contributed by atoms with Crippen LogP contribution in [0.25, 0.3) is 0 Å². The zero-order chi connectivity index (χ0) is 27.7. The summed E-state index contributed by atoms with van der Waals surface area (Å²) < 4.78 is 105. The van der Waals surface area contributed by atoms with E-state index in [2.05, 4.69) is 15.2 Å². The van der Waals surface area contributed by atoms with Crippen LogP contribution < -0.4 is 14.8 Å². The molecule has 2 aromatic rings. The number of aliphatic hydroxyl groups is 1. The van der Waals surface area contributed by atoms with Crippen molar-refractivity contribution in [1.29, 1.82) is 0 Å². The van der Waals surface area contributed by atoms with Gasteiger partial charge in [0.25, 0.3) is 5.91 Å². The molecule has 1 saturated carbocycles. The van der Waals surface area contributed by atoms with E-state index in [4.69, 9.17) is 9.47 Å². The Morgan fingerprint density at radius 2 is 1.84 bits per heavy atom. The van der Waals surface area contributed by atoms with Gasteiger partial charge in [0.2, 0.25) is 0 Å². The number of nitrogens with zero attached hydrogens (tertiary/aromatic N) is 2. The number of amides is 1. The SMILES string of the molecule is O=C(NC1CCC(n2cc(OCCOC(F)(F)F)cn2)CC1)[C@H]1C[C@H](O)c2cc(C(F)(F)F)c(F)cc2O1. The number of benzene rings is 1. The average Bonchev–Trinajstić information content (AvgIpc) is 3.29. The van der Waals surface area contributed by atoms with Gasteiger partial charge < -0.3 is 19.9 Å². The monoisotopic (exact) mass is 555 g/mol. The first-order valence-corrected chi connectivity index (χ1v) is 11.7. The Kier molecular flexibility index (Phi) is 8.06. The Bertz CT molecular complexity index is 1130. The molecule has 1 aliphatic heterocycles. The summed E-state index contributed by atoms with van der Waals surface area (Å²) in [4.78, 5) is 12.7. The third-order valence-electron chi connectivity index (χ3n) is 6.38. The Labute approximate surface area is 211 Å². The molecule has 38 heavy (non-hydrogen) atoms. The second-order valence-electron chi connectivity index (χ2n) is 9.04. The van der Waals surface area contributed by atoms with Crippen molar-refractivity contribution in [2.45, 2.75) is 68.9 Å². The Hall–Kier alpha value is -3.07. The lowest BCUT2D eigenvalue weighted by Crippen LogP contribution is -2.46. The third kappa shape index (κ3) is 6.87. The van der Waals surface area contributed by atoms with Crippen molar-refractivity contribution in [3.05, 3.63) is 41.5 Å². The summed E-state index contributed by atoms with van der Waals surface area (Å²) in [7, 11) is 0. The zero-order valence-electron chi connectivity index (χ0n) is 19.7. The number of nitrogens with one attached hydrogen (secondary N) is 1. The number of rotatable bonds is 7. The van der Waals surface area contributed by atoms with Gasteiger partial charge in [0.05, 0.1) is 36.7 Å². The van der Waals surface area contributed by atoms with Crippen LogP contribution in [0.2, 0.25) is 0 Å². The van der Waals surface area contributed by atoms with Gasteiger partial charge in [-0.2, -0.15) is 18.3 Å². The predicted molar refractivity (Wildman–Crippen MR) is 115 cm³/mol. The van der Waals surface area contributed by atoms with E-state index in [0.717, 1.165) is 0 Å². The molecule has 0 radical (unpaired) electrons. The van der Waals surface area contributed by atoms with Crippen LogP contribution in [-0.2, 0) is 15.7 Å². The molecule has 0 unspecified atom stereocenters. The minimum absolute atomic E-state index is 0.0302. The molecule has 0 bridgehead atoms. The Balaban J connectivity index is 1.26. The van der Waals surface area contributed by atoms with Crippen LogP contribution in [0.4, 0.5) is 30.7 Å². The molecule has 2 N–H and O–H groups in total. The minimum atomic E-state index is -4.94. The number of carbonyl (C=O) groups excluding carboxylic acids is 1. The molecule has 2 aliphatic rings. The van der Waals surface area contributed by atoms with E-state index in [0.29, 0.717) is 43.6 Å². The molecule has 8 nitrogen and oxygen atoms in total. The Morgan fingerprint density at radius 1 is 1.13 bits per heavy atom. The number of hydrogen-bond acceptors (Lipinski definition) is 6. The fourth-order valence-corrected chi connectivity index (χ4v) is 4.53. The van der Waals surface area contributed by atoms with Crippen molar-refractivity contribution in [2.24, 2.45) is 0 Å². The molecule has 1 aromatic carbocycles. The highest BCUT2D eigenvalue weighted by Gasteiger charge is 2.39. The average molecular weight is 555 g/mol. The lowest BCUT2D eigenvalue weighted by molar-refractivity contribution is -0.325. The number of aliphatic hydroxyl groups excluding tert-OH is 1. The highest BCUT2D eigenvalue weighted by molar-refractivity contribution is 5.82. The van der Waals surface area contributed by atoms with E-state index < -0.39 is 48.6 Å². The number of alkyl halides is 6. The molecule has 4 rings (SSSR count). The van der Waals surface area contributed by atoms with Crippen molar-refractivity contribution < 1.29 is 54.8 Å². The molecule has 0 spiro atoms. The highest BCUT2D eigenvalue weighted by Crippen LogP contribution is 2.41. The zero-order valence-corrected chi connectivity index (χ0v) is 19.7. The van der Waals surface area contributed by atoms with Crippen LogP contribution in [0.1, 0.15) is 55.4 Å². The van der Waals surface area contributed by atoms with E-state index in [1.54, 1.807) is 10.9 Å². The molecule has 0 saturated heterocycles. The summed E-state index contributed by atoms with van der Waals surface area (Å²) in [6.45, 7) is -0.959. The number of aromatic nitrogens is 2. The minimum Gasteiger partial charge on any atom is -0.488 e. The quantitative estimate of drug-likeness (QED) is 0.388. The summed E-state index contributed by atoms with van der Waals surface area (Å²) in [6, 6.07) is 0.748. The lowest BCUT2D eigenvalue weighted by Gasteiger charge is -2.33. The van der Waals surface area contributed by atoms with Crippen LogP contribution in [0.15, 0.2) is 24.5 Å². The maximum absolute atomic E-state index is 14.0. The standard InChI is InChI=1S/C23H24F7N3O5/c24-17-8-19-15(7-16(17)22(25,26)27)18(34)9-20(38-19)21(35)32-12-1-3-13(4-2-12)33-11-14(10-31-33)36-5-6-37-23(28,29)30/h7-8,10-13,18,20,34H,1-6,9H2,(H,32,35)/t12?,13?,18-,20+/m0/s1. The van der Waals surface area contributed by atoms with E-state index in [1.807, 2.05) is 0 Å². The van der Waals surface area contributed by atoms with Crippen molar-refractivity contribution in [1.82, 2.24) is 15.1 Å². The smallest absolute Gasteiger partial charge is 0.488 e. The summed E-state index contributed by atoms with van der Waals surface area (Å²) in [5.74, 6) is -2.17. The molecule has 1 fully saturated rings. The molecule has 2 atom stereocenters. The van der Waals surface area contributed by atoms with Crippen molar-refractivity contribution >= 4 is 5.91 Å². The Morgan fingerprint density at radius 3 is 2.50 bits per heavy atom. The number of carbonyl (C=O) groups is 1. The largest absolute Gasteiger partial charge is 0.522 e. The fraction of sp³-hybridized carbons (Fsp3) is 0.565. The first-order valence-electron chi connectivity index (χ1n) is 11.7. The van der Waals surface area contributed by atoms with Gasteiger partial charge in [-0.05, 0) is 31.7 Å². The maximum atomic E-state index is 14.0. The molecule has 1 amide bonds. The fourth-order valence-electron chi connectivity index (χ4n) is 4.53. The second-order valence-corrected chi connectivity index (χ2v) is 9.04. The van der Waals surface area contributed by atoms with Gasteiger partial charge in [-0.25, -0.2) is 4.39 Å². The van der Waals surface area contributed by atoms with Crippen LogP contribution in [0.5, 0.6) is 11.5 Å². The van der Waals surface area contributed by atoms with Gasteiger partial charge in [-0.1, -0.05) is 0 Å². The van der Waals surface area contributed by atoms with Crippen molar-refractivity contribution in [3.8, 4) is 11.5 Å². The number of hydrogen-bond donors (Lipinski definition) is 2. The molecular formula is C23H24F7N3O5. The molecule has 2 heterocycles. The number of ether oxygens (including phenoxy) is 3. The van der Waals surface area contributed by atoms with Gasteiger partial charge in [0.15, 0.2) is 11.9 Å². The summed E-state index contributed by atoms with van der Waals surface area (Å²) in [5, 5.41) is 17.3. The van der Waals surface area contributed by atoms with E-state index >= 15 is 0 Å². The lowest BCUT2D eigenvalue weighted by atomic mass is 9.90. The topological polar surface area (TPSA) is 94.8 Å². The molecule has 1 aliphatic carbocycles. The molecule has 1 aromatic heterocycles. The summed E-state index contributed by atoms with van der Waals surface area (Å²) in [6.07, 6.45) is -7.32. The van der Waals surface area contributed by atoms with Crippen LogP contribution >= 0.6 is 0 Å². The third-order valence-corrected chi connectivity index (χ3v) is 6.38. The predicted octanol–water partition coefficient (Wildman–Crippen LogP) is 4.44. The van der Waals surface area contributed by atoms with E-state index in [1.165, 1.54) is 6.20 Å². The summed E-state index contributed by atoms with van der Waals surface area (Å²) in [5.41, 5.74) is -1.76. The highest BCUT2D eigenvalue weighted by atomic mass is 19.4. The normalized spacial score (nSPS) is 23.9. The van der Waals surface area contributed by atoms with Crippen LogP contribution in [0, 0.1) is 5.82 Å². The molecule has 210 valence electrons. The first-order chi connectivity index (χ1) is 17.8. The first kappa shape index (κ1) is 28.0. The molecular weight excluding hydrogens is 531 g/mol. The van der Waals surface area contributed by atoms with Gasteiger partial charge in [-0.3, -0.25) is 14.2 Å². The van der Waals surface area contributed by atoms with Crippen LogP contribution in [0.3, 0.4) is 0 Å². The molecule has 15 heteroatoms. The number of fused-ring (bicyclic) bond motifs is 1. The summed E-state index contributed by atoms with van der Waals surface area (Å²) >= 11 is 0. The van der Waals surface area contributed by atoms with Crippen molar-refractivity contribution in [2.75, 3.05) is 13.2 Å². The number of halogens is 7.